The van der Waals surface area contributed by atoms with E-state index in [-0.39, 0.29) is 36.0 Å². The summed E-state index contributed by atoms with van der Waals surface area (Å²) in [6.45, 7) is 10.4. The van der Waals surface area contributed by atoms with Crippen LogP contribution in [0, 0.1) is 0 Å². The van der Waals surface area contributed by atoms with Gasteiger partial charge in [0.1, 0.15) is 0 Å². The van der Waals surface area contributed by atoms with Crippen LogP contribution in [0.15, 0.2) is 4.99 Å². The lowest BCUT2D eigenvalue weighted by Crippen LogP contribution is -2.53. The number of carbonyl (C=O) groups excluding carboxylic acids is 2. The van der Waals surface area contributed by atoms with Crippen LogP contribution < -0.4 is 5.32 Å². The van der Waals surface area contributed by atoms with Crippen molar-refractivity contribution in [3.05, 3.63) is 0 Å². The summed E-state index contributed by atoms with van der Waals surface area (Å²) in [5, 5.41) is 3.26. The van der Waals surface area contributed by atoms with Gasteiger partial charge in [0.2, 0.25) is 0 Å². The molecule has 0 aromatic rings. The largest absolute Gasteiger partial charge is 0.466 e. The first-order valence-electron chi connectivity index (χ1n) is 8.72. The molecule has 0 unspecified atom stereocenters. The predicted molar refractivity (Wildman–Crippen MR) is 107 cm³/mol. The normalized spacial score (nSPS) is 14.6. The second-order valence-electron chi connectivity index (χ2n) is 5.32. The van der Waals surface area contributed by atoms with E-state index in [9.17, 15) is 9.59 Å². The number of aliphatic imine (C=N–C) groups is 1. The number of carbonyl (C=O) groups is 2. The Labute approximate surface area is 167 Å². The van der Waals surface area contributed by atoms with Crippen LogP contribution in [0.5, 0.6) is 0 Å². The van der Waals surface area contributed by atoms with E-state index in [1.54, 1.807) is 18.7 Å². The smallest absolute Gasteiger partial charge is 0.409 e. The molecule has 146 valence electrons. The molecule has 9 heteroatoms. The molecule has 0 atom stereocenters. The molecule has 8 nitrogen and oxygen atoms in total. The lowest BCUT2D eigenvalue weighted by atomic mass is 10.3. The number of esters is 1. The number of amides is 1. The topological polar surface area (TPSA) is 83.5 Å². The van der Waals surface area contributed by atoms with Gasteiger partial charge in [0, 0.05) is 45.7 Å². The van der Waals surface area contributed by atoms with Crippen LogP contribution in [0.4, 0.5) is 4.79 Å². The molecule has 0 aliphatic carbocycles. The number of piperazine rings is 1. The maximum Gasteiger partial charge on any atom is 0.409 e. The maximum atomic E-state index is 11.7. The van der Waals surface area contributed by atoms with Crippen LogP contribution in [0.1, 0.15) is 33.6 Å². The van der Waals surface area contributed by atoms with Crippen LogP contribution in [0.25, 0.3) is 0 Å². The highest BCUT2D eigenvalue weighted by Gasteiger charge is 2.23. The number of hydrogen-bond donors (Lipinski definition) is 1. The van der Waals surface area contributed by atoms with E-state index in [0.29, 0.717) is 58.8 Å². The molecule has 1 N–H and O–H groups in total. The zero-order chi connectivity index (χ0) is 17.8. The molecule has 1 fully saturated rings. The van der Waals surface area contributed by atoms with Gasteiger partial charge in [-0.15, -0.1) is 24.0 Å². The second-order valence-corrected chi connectivity index (χ2v) is 5.32. The standard InChI is InChI=1S/C16H30N4O4.HI/c1-4-17-15(18-9-7-8-14(21)23-5-2)19-10-12-20(13-11-19)16(22)24-6-3;/h4-13H2,1-3H3,(H,17,18);1H. The third-order valence-electron chi connectivity index (χ3n) is 3.55. The van der Waals surface area contributed by atoms with Gasteiger partial charge >= 0.3 is 12.1 Å². The van der Waals surface area contributed by atoms with Gasteiger partial charge < -0.3 is 24.6 Å². The van der Waals surface area contributed by atoms with Crippen molar-refractivity contribution in [2.75, 3.05) is 52.5 Å². The van der Waals surface area contributed by atoms with Crippen molar-refractivity contribution in [2.45, 2.75) is 33.6 Å². The summed E-state index contributed by atoms with van der Waals surface area (Å²) in [5.74, 6) is 0.644. The van der Waals surface area contributed by atoms with Gasteiger partial charge in [-0.3, -0.25) is 9.79 Å². The van der Waals surface area contributed by atoms with Crippen LogP contribution in [0.3, 0.4) is 0 Å². The van der Waals surface area contributed by atoms with E-state index in [1.165, 1.54) is 0 Å². The Kier molecular flexibility index (Phi) is 13.3. The Balaban J connectivity index is 0.00000576. The first kappa shape index (κ1) is 23.7. The zero-order valence-electron chi connectivity index (χ0n) is 15.5. The molecule has 0 spiro atoms. The quantitative estimate of drug-likeness (QED) is 0.201. The minimum Gasteiger partial charge on any atom is -0.466 e. The Morgan fingerprint density at radius 3 is 2.16 bits per heavy atom. The first-order valence-corrected chi connectivity index (χ1v) is 8.72. The molecule has 1 aliphatic rings. The van der Waals surface area contributed by atoms with Crippen molar-refractivity contribution in [3.8, 4) is 0 Å². The summed E-state index contributed by atoms with van der Waals surface area (Å²) < 4.78 is 9.93. The lowest BCUT2D eigenvalue weighted by Gasteiger charge is -2.35. The van der Waals surface area contributed by atoms with E-state index >= 15 is 0 Å². The van der Waals surface area contributed by atoms with E-state index < -0.39 is 0 Å². The van der Waals surface area contributed by atoms with Gasteiger partial charge in [-0.1, -0.05) is 0 Å². The molecule has 0 aromatic carbocycles. The van der Waals surface area contributed by atoms with Crippen molar-refractivity contribution in [1.29, 1.82) is 0 Å². The van der Waals surface area contributed by atoms with Crippen molar-refractivity contribution in [3.63, 3.8) is 0 Å². The maximum absolute atomic E-state index is 11.7. The van der Waals surface area contributed by atoms with Crippen molar-refractivity contribution in [1.82, 2.24) is 15.1 Å². The molecule has 1 saturated heterocycles. The van der Waals surface area contributed by atoms with Gasteiger partial charge in [-0.2, -0.15) is 0 Å². The van der Waals surface area contributed by atoms with Crippen LogP contribution in [0.2, 0.25) is 0 Å². The fourth-order valence-corrected chi connectivity index (χ4v) is 2.38. The Hall–Kier alpha value is -1.26. The molecular weight excluding hydrogens is 439 g/mol. The van der Waals surface area contributed by atoms with Crippen molar-refractivity contribution >= 4 is 42.0 Å². The third-order valence-corrected chi connectivity index (χ3v) is 3.55. The number of nitrogens with zero attached hydrogens (tertiary/aromatic N) is 3. The molecule has 0 aromatic heterocycles. The van der Waals surface area contributed by atoms with Crippen LogP contribution in [-0.2, 0) is 14.3 Å². The fraction of sp³-hybridized carbons (Fsp3) is 0.812. The second kappa shape index (κ2) is 14.0. The molecule has 1 amide bonds. The molecule has 1 heterocycles. The number of guanidine groups is 1. The molecule has 25 heavy (non-hydrogen) atoms. The Morgan fingerprint density at radius 1 is 1.00 bits per heavy atom. The minimum atomic E-state index is -0.256. The predicted octanol–water partition coefficient (Wildman–Crippen LogP) is 1.69. The van der Waals surface area contributed by atoms with Crippen molar-refractivity contribution < 1.29 is 19.1 Å². The number of rotatable bonds is 7. The minimum absolute atomic E-state index is 0. The number of ether oxygens (including phenoxy) is 2. The molecule has 0 radical (unpaired) electrons. The summed E-state index contributed by atoms with van der Waals surface area (Å²) in [6.07, 6.45) is 0.790. The average Bonchev–Trinajstić information content (AvgIpc) is 2.58. The zero-order valence-corrected chi connectivity index (χ0v) is 17.8. The molecule has 1 aliphatic heterocycles. The Morgan fingerprint density at radius 2 is 1.60 bits per heavy atom. The fourth-order valence-electron chi connectivity index (χ4n) is 2.38. The highest BCUT2D eigenvalue weighted by Crippen LogP contribution is 2.05. The number of hydrogen-bond acceptors (Lipinski definition) is 5. The number of halogens is 1. The summed E-state index contributed by atoms with van der Waals surface area (Å²) in [5.41, 5.74) is 0. The molecule has 0 saturated carbocycles. The van der Waals surface area contributed by atoms with E-state index in [0.717, 1.165) is 12.5 Å². The average molecular weight is 470 g/mol. The first-order chi connectivity index (χ1) is 11.6. The van der Waals surface area contributed by atoms with E-state index in [4.69, 9.17) is 9.47 Å². The lowest BCUT2D eigenvalue weighted by molar-refractivity contribution is -0.143. The summed E-state index contributed by atoms with van der Waals surface area (Å²) in [4.78, 5) is 31.5. The van der Waals surface area contributed by atoms with E-state index in [1.807, 2.05) is 6.92 Å². The SMILES string of the molecule is CCNC(=NCCCC(=O)OCC)N1CCN(C(=O)OCC)CC1.I. The van der Waals surface area contributed by atoms with E-state index in [2.05, 4.69) is 15.2 Å². The van der Waals surface area contributed by atoms with Gasteiger partial charge in [-0.05, 0) is 27.2 Å². The van der Waals surface area contributed by atoms with Gasteiger partial charge in [0.25, 0.3) is 0 Å². The third kappa shape index (κ3) is 9.13. The highest BCUT2D eigenvalue weighted by molar-refractivity contribution is 14.0. The summed E-state index contributed by atoms with van der Waals surface area (Å²) >= 11 is 0. The van der Waals surface area contributed by atoms with Crippen molar-refractivity contribution in [2.24, 2.45) is 4.99 Å². The monoisotopic (exact) mass is 470 g/mol. The van der Waals surface area contributed by atoms with Gasteiger partial charge in [0.05, 0.1) is 13.2 Å². The summed E-state index contributed by atoms with van der Waals surface area (Å²) in [6, 6.07) is 0. The summed E-state index contributed by atoms with van der Waals surface area (Å²) in [7, 11) is 0. The molecule has 0 bridgehead atoms. The van der Waals surface area contributed by atoms with Crippen LogP contribution in [-0.4, -0.2) is 80.3 Å². The van der Waals surface area contributed by atoms with Gasteiger partial charge in [0.15, 0.2) is 5.96 Å². The Bertz CT molecular complexity index is 426. The highest BCUT2D eigenvalue weighted by atomic mass is 127. The van der Waals surface area contributed by atoms with Gasteiger partial charge in [-0.25, -0.2) is 4.79 Å². The molecule has 1 rings (SSSR count). The molecular formula is C16H31IN4O4. The van der Waals surface area contributed by atoms with Crippen LogP contribution >= 0.6 is 24.0 Å². The number of nitrogens with one attached hydrogen (secondary N) is 1.